The summed E-state index contributed by atoms with van der Waals surface area (Å²) in [5, 5.41) is 3.43. The lowest BCUT2D eigenvalue weighted by molar-refractivity contribution is 0.349. The Balaban J connectivity index is 1.67. The Morgan fingerprint density at radius 2 is 1.83 bits per heavy atom. The number of hydrogen-bond donors (Lipinski definition) is 1. The number of nitrogens with zero attached hydrogens (tertiary/aromatic N) is 2. The largest absolute Gasteiger partial charge is 0.339 e. The van der Waals surface area contributed by atoms with Crippen LogP contribution in [-0.2, 0) is 6.42 Å². The predicted octanol–water partition coefficient (Wildman–Crippen LogP) is 5.40. The molecule has 1 aliphatic heterocycles. The van der Waals surface area contributed by atoms with Gasteiger partial charge >= 0.3 is 0 Å². The van der Waals surface area contributed by atoms with Crippen molar-refractivity contribution in [3.05, 3.63) is 82.1 Å². The minimum absolute atomic E-state index is 0.0185. The second-order valence-corrected chi connectivity index (χ2v) is 8.35. The molecule has 0 amide bonds. The number of benzene rings is 1. The molecule has 2 heterocycles. The molecule has 0 radical (unpaired) electrons. The van der Waals surface area contributed by atoms with Crippen molar-refractivity contribution in [2.75, 3.05) is 5.32 Å². The third kappa shape index (κ3) is 3.27. The Hall–Kier alpha value is -2.88. The second-order valence-electron chi connectivity index (χ2n) is 8.35. The molecule has 2 aromatic rings. The number of rotatable bonds is 3. The average Bonchev–Trinajstić information content (AvgIpc) is 2.75. The fourth-order valence-electron chi connectivity index (χ4n) is 4.90. The van der Waals surface area contributed by atoms with Crippen LogP contribution >= 0.6 is 0 Å². The minimum atomic E-state index is -0.0185. The fourth-order valence-corrected chi connectivity index (χ4v) is 4.90. The van der Waals surface area contributed by atoms with Gasteiger partial charge in [-0.15, -0.1) is 0 Å². The normalized spacial score (nSPS) is 19.0. The maximum atomic E-state index is 13.7. The van der Waals surface area contributed by atoms with Crippen molar-refractivity contribution in [3.63, 3.8) is 0 Å². The summed E-state index contributed by atoms with van der Waals surface area (Å²) in [5.41, 5.74) is 4.34. The van der Waals surface area contributed by atoms with Gasteiger partial charge in [0.2, 0.25) is 0 Å². The molecule has 0 unspecified atom stereocenters. The van der Waals surface area contributed by atoms with E-state index in [2.05, 4.69) is 24.0 Å². The molecule has 29 heavy (non-hydrogen) atoms. The average molecular weight is 386 g/mol. The molecule has 3 aliphatic rings. The number of fused-ring (bicyclic) bond motifs is 2. The van der Waals surface area contributed by atoms with Crippen molar-refractivity contribution < 1.29 is 0 Å². The maximum absolute atomic E-state index is 13.7. The van der Waals surface area contributed by atoms with E-state index in [1.54, 1.807) is 0 Å². The summed E-state index contributed by atoms with van der Waals surface area (Å²) in [7, 11) is 0. The van der Waals surface area contributed by atoms with E-state index in [4.69, 9.17) is 4.98 Å². The molecule has 2 aliphatic carbocycles. The molecule has 1 aromatic heterocycles. The van der Waals surface area contributed by atoms with Gasteiger partial charge in [-0.2, -0.15) is 0 Å². The first-order chi connectivity index (χ1) is 14.2. The predicted molar refractivity (Wildman–Crippen MR) is 118 cm³/mol. The van der Waals surface area contributed by atoms with Crippen molar-refractivity contribution >= 4 is 11.4 Å². The molecule has 148 valence electrons. The van der Waals surface area contributed by atoms with Crippen molar-refractivity contribution in [1.82, 2.24) is 9.55 Å². The SMILES string of the molecule is C=C1C2=CCCC=C2Nc2nc(CC3CCCCC3)n(-c3ccccc3)c(=O)c21. The highest BCUT2D eigenvalue weighted by Gasteiger charge is 2.29. The van der Waals surface area contributed by atoms with Gasteiger partial charge in [0.15, 0.2) is 0 Å². The second kappa shape index (κ2) is 7.51. The summed E-state index contributed by atoms with van der Waals surface area (Å²) < 4.78 is 1.82. The number of nitrogens with one attached hydrogen (secondary N) is 1. The van der Waals surface area contributed by atoms with Crippen molar-refractivity contribution in [1.29, 1.82) is 0 Å². The molecule has 0 saturated heterocycles. The lowest BCUT2D eigenvalue weighted by atomic mass is 9.86. The topological polar surface area (TPSA) is 46.9 Å². The van der Waals surface area contributed by atoms with Gasteiger partial charge in [-0.05, 0) is 36.5 Å². The highest BCUT2D eigenvalue weighted by Crippen LogP contribution is 2.38. The Morgan fingerprint density at radius 3 is 2.62 bits per heavy atom. The first-order valence-corrected chi connectivity index (χ1v) is 10.8. The summed E-state index contributed by atoms with van der Waals surface area (Å²) in [6.45, 7) is 4.28. The first kappa shape index (κ1) is 18.2. The molecule has 1 saturated carbocycles. The van der Waals surface area contributed by atoms with Crippen LogP contribution in [-0.4, -0.2) is 9.55 Å². The summed E-state index contributed by atoms with van der Waals surface area (Å²) in [6.07, 6.45) is 13.5. The van der Waals surface area contributed by atoms with Gasteiger partial charge in [-0.3, -0.25) is 9.36 Å². The lowest BCUT2D eigenvalue weighted by Gasteiger charge is -2.29. The summed E-state index contributed by atoms with van der Waals surface area (Å²) >= 11 is 0. The monoisotopic (exact) mass is 385 g/mol. The van der Waals surface area contributed by atoms with E-state index >= 15 is 0 Å². The highest BCUT2D eigenvalue weighted by molar-refractivity contribution is 5.92. The Labute approximate surface area is 171 Å². The summed E-state index contributed by atoms with van der Waals surface area (Å²) in [4.78, 5) is 18.7. The molecule has 0 atom stereocenters. The van der Waals surface area contributed by atoms with Crippen LogP contribution in [0.3, 0.4) is 0 Å². The molecular formula is C25H27N3O. The number of allylic oxidation sites excluding steroid dienone is 3. The number of para-hydroxylation sites is 1. The van der Waals surface area contributed by atoms with E-state index in [9.17, 15) is 4.79 Å². The van der Waals surface area contributed by atoms with Gasteiger partial charge in [-0.25, -0.2) is 4.98 Å². The molecular weight excluding hydrogens is 358 g/mol. The number of aromatic nitrogens is 2. The zero-order valence-corrected chi connectivity index (χ0v) is 16.8. The molecule has 4 heteroatoms. The van der Waals surface area contributed by atoms with E-state index in [-0.39, 0.29) is 5.56 Å². The van der Waals surface area contributed by atoms with E-state index in [1.807, 2.05) is 34.9 Å². The van der Waals surface area contributed by atoms with E-state index in [0.717, 1.165) is 47.6 Å². The number of hydrogen-bond acceptors (Lipinski definition) is 3. The first-order valence-electron chi connectivity index (χ1n) is 10.8. The van der Waals surface area contributed by atoms with E-state index in [1.165, 1.54) is 32.1 Å². The van der Waals surface area contributed by atoms with Crippen LogP contribution in [0, 0.1) is 5.92 Å². The van der Waals surface area contributed by atoms with Crippen molar-refractivity contribution in [3.8, 4) is 5.69 Å². The third-order valence-corrected chi connectivity index (χ3v) is 6.40. The maximum Gasteiger partial charge on any atom is 0.268 e. The highest BCUT2D eigenvalue weighted by atomic mass is 16.1. The van der Waals surface area contributed by atoms with Gasteiger partial charge in [0.05, 0.1) is 11.3 Å². The lowest BCUT2D eigenvalue weighted by Crippen LogP contribution is -2.32. The summed E-state index contributed by atoms with van der Waals surface area (Å²) in [5.74, 6) is 2.12. The zero-order chi connectivity index (χ0) is 19.8. The van der Waals surface area contributed by atoms with Gasteiger partial charge in [0.25, 0.3) is 5.56 Å². The molecule has 0 bridgehead atoms. The van der Waals surface area contributed by atoms with E-state index in [0.29, 0.717) is 17.3 Å². The smallest absolute Gasteiger partial charge is 0.268 e. The fraction of sp³-hybridized carbons (Fsp3) is 0.360. The molecule has 1 aromatic carbocycles. The van der Waals surface area contributed by atoms with Crippen LogP contribution in [0.25, 0.3) is 11.3 Å². The van der Waals surface area contributed by atoms with Gasteiger partial charge in [0, 0.05) is 17.7 Å². The zero-order valence-electron chi connectivity index (χ0n) is 16.8. The van der Waals surface area contributed by atoms with Crippen LogP contribution in [0.4, 0.5) is 5.82 Å². The minimum Gasteiger partial charge on any atom is -0.339 e. The van der Waals surface area contributed by atoms with Crippen molar-refractivity contribution in [2.45, 2.75) is 51.4 Å². The Morgan fingerprint density at radius 1 is 1.07 bits per heavy atom. The Kier molecular flexibility index (Phi) is 4.70. The van der Waals surface area contributed by atoms with Crippen LogP contribution < -0.4 is 10.9 Å². The summed E-state index contributed by atoms with van der Waals surface area (Å²) in [6, 6.07) is 9.91. The van der Waals surface area contributed by atoms with Gasteiger partial charge < -0.3 is 5.32 Å². The number of anilines is 1. The van der Waals surface area contributed by atoms with Crippen LogP contribution in [0.5, 0.6) is 0 Å². The molecule has 4 nitrogen and oxygen atoms in total. The van der Waals surface area contributed by atoms with Gasteiger partial charge in [0.1, 0.15) is 11.6 Å². The molecule has 1 fully saturated rings. The third-order valence-electron chi connectivity index (χ3n) is 6.40. The van der Waals surface area contributed by atoms with E-state index < -0.39 is 0 Å². The molecule has 5 rings (SSSR count). The Bertz CT molecular complexity index is 1070. The van der Waals surface area contributed by atoms with Crippen molar-refractivity contribution in [2.24, 2.45) is 5.92 Å². The molecule has 1 N–H and O–H groups in total. The standard InChI is InChI=1S/C25H27N3O/c1-17-20-14-8-9-15-21(20)26-24-23(17)25(29)28(19-12-6-3-7-13-19)22(27-24)16-18-10-4-2-5-11-18/h3,6-7,12-15,18,26H,1-2,4-5,8-11,16H2. The van der Waals surface area contributed by atoms with Crippen LogP contribution in [0.2, 0.25) is 0 Å². The van der Waals surface area contributed by atoms with Gasteiger partial charge in [-0.1, -0.05) is 69.0 Å². The van der Waals surface area contributed by atoms with Crippen LogP contribution in [0.1, 0.15) is 56.3 Å². The van der Waals surface area contributed by atoms with Crippen LogP contribution in [0.15, 0.2) is 65.1 Å². The quantitative estimate of drug-likeness (QED) is 0.770. The molecule has 0 spiro atoms.